The van der Waals surface area contributed by atoms with Gasteiger partial charge in [-0.1, -0.05) is 42.5 Å². The van der Waals surface area contributed by atoms with E-state index in [0.29, 0.717) is 24.4 Å². The highest BCUT2D eigenvalue weighted by Crippen LogP contribution is 2.27. The van der Waals surface area contributed by atoms with Gasteiger partial charge in [-0.2, -0.15) is 0 Å². The summed E-state index contributed by atoms with van der Waals surface area (Å²) in [5.41, 5.74) is 3.72. The maximum atomic E-state index is 12.1. The van der Waals surface area contributed by atoms with Gasteiger partial charge in [0.15, 0.2) is 11.7 Å². The van der Waals surface area contributed by atoms with Crippen molar-refractivity contribution in [2.75, 3.05) is 6.54 Å². The number of carbonyl (C=O) groups excluding carboxylic acids is 1. The molecule has 0 aliphatic heterocycles. The topological polar surface area (TPSA) is 55.1 Å². The van der Waals surface area contributed by atoms with Crippen molar-refractivity contribution in [3.05, 3.63) is 77.3 Å². The van der Waals surface area contributed by atoms with E-state index in [-0.39, 0.29) is 5.91 Å². The van der Waals surface area contributed by atoms with Gasteiger partial charge in [-0.15, -0.1) is 0 Å². The van der Waals surface area contributed by atoms with Crippen molar-refractivity contribution in [3.8, 4) is 11.3 Å². The van der Waals surface area contributed by atoms with Gasteiger partial charge in [0.25, 0.3) is 5.91 Å². The average Bonchev–Trinajstić information content (AvgIpc) is 2.96. The summed E-state index contributed by atoms with van der Waals surface area (Å²) < 4.78 is 5.80. The highest BCUT2D eigenvalue weighted by atomic mass is 16.4. The van der Waals surface area contributed by atoms with Gasteiger partial charge in [-0.25, -0.2) is 4.98 Å². The van der Waals surface area contributed by atoms with Crippen LogP contribution in [0.5, 0.6) is 0 Å². The number of amides is 1. The van der Waals surface area contributed by atoms with Crippen LogP contribution >= 0.6 is 0 Å². The fourth-order valence-electron chi connectivity index (χ4n) is 2.66. The molecule has 1 N–H and O–H groups in total. The minimum absolute atomic E-state index is 0.0757. The fraction of sp³-hybridized carbons (Fsp3) is 0.200. The first-order valence-electron chi connectivity index (χ1n) is 8.00. The Bertz CT molecular complexity index is 838. The first-order valence-corrected chi connectivity index (χ1v) is 8.00. The number of carbonyl (C=O) groups is 1. The Morgan fingerprint density at radius 1 is 1.04 bits per heavy atom. The average molecular weight is 320 g/mol. The Morgan fingerprint density at radius 3 is 2.50 bits per heavy atom. The van der Waals surface area contributed by atoms with Gasteiger partial charge < -0.3 is 9.73 Å². The van der Waals surface area contributed by atoms with Crippen LogP contribution in [0.25, 0.3) is 11.3 Å². The van der Waals surface area contributed by atoms with Crippen LogP contribution in [0, 0.1) is 13.8 Å². The zero-order valence-corrected chi connectivity index (χ0v) is 13.9. The maximum Gasteiger partial charge on any atom is 0.251 e. The number of rotatable bonds is 5. The summed E-state index contributed by atoms with van der Waals surface area (Å²) in [6.07, 6.45) is 0.625. The number of nitrogens with zero attached hydrogens (tertiary/aromatic N) is 1. The molecule has 0 unspecified atom stereocenters. The smallest absolute Gasteiger partial charge is 0.251 e. The predicted octanol–water partition coefficient (Wildman–Crippen LogP) is 3.93. The molecule has 0 aliphatic rings. The molecule has 4 nitrogen and oxygen atoms in total. The van der Waals surface area contributed by atoms with Crippen molar-refractivity contribution in [1.29, 1.82) is 0 Å². The molecule has 0 fully saturated rings. The van der Waals surface area contributed by atoms with Crippen LogP contribution in [0.4, 0.5) is 0 Å². The van der Waals surface area contributed by atoms with Crippen LogP contribution in [0.1, 0.15) is 27.5 Å². The third-order valence-corrected chi connectivity index (χ3v) is 3.88. The second-order valence-corrected chi connectivity index (χ2v) is 5.70. The normalized spacial score (nSPS) is 10.6. The molecule has 0 saturated carbocycles. The molecule has 1 amide bonds. The van der Waals surface area contributed by atoms with Gasteiger partial charge in [0.05, 0.1) is 5.69 Å². The third-order valence-electron chi connectivity index (χ3n) is 3.88. The van der Waals surface area contributed by atoms with E-state index in [1.807, 2.05) is 56.3 Å². The van der Waals surface area contributed by atoms with Gasteiger partial charge in [0.1, 0.15) is 0 Å². The molecule has 0 spiro atoms. The SMILES string of the molecule is Cc1nc(CCNC(=O)c2ccccc2)c(-c2ccccc2C)o1. The van der Waals surface area contributed by atoms with E-state index in [0.717, 1.165) is 22.6 Å². The number of aryl methyl sites for hydroxylation is 2. The van der Waals surface area contributed by atoms with Gasteiger partial charge in [-0.05, 0) is 24.6 Å². The van der Waals surface area contributed by atoms with Crippen LogP contribution < -0.4 is 5.32 Å². The van der Waals surface area contributed by atoms with Crippen molar-refractivity contribution >= 4 is 5.91 Å². The van der Waals surface area contributed by atoms with E-state index in [4.69, 9.17) is 4.42 Å². The standard InChI is InChI=1S/C20H20N2O2/c1-14-8-6-7-11-17(14)19-18(22-15(2)24-19)12-13-21-20(23)16-9-4-3-5-10-16/h3-11H,12-13H2,1-2H3,(H,21,23). The number of nitrogens with one attached hydrogen (secondary N) is 1. The Balaban J connectivity index is 1.70. The summed E-state index contributed by atoms with van der Waals surface area (Å²) in [6, 6.07) is 17.3. The molecule has 0 atom stereocenters. The van der Waals surface area contributed by atoms with E-state index < -0.39 is 0 Å². The molecule has 4 heteroatoms. The molecule has 122 valence electrons. The zero-order valence-electron chi connectivity index (χ0n) is 13.9. The predicted molar refractivity (Wildman–Crippen MR) is 93.9 cm³/mol. The Kier molecular flexibility index (Phi) is 4.75. The molecule has 24 heavy (non-hydrogen) atoms. The summed E-state index contributed by atoms with van der Waals surface area (Å²) >= 11 is 0. The van der Waals surface area contributed by atoms with Crippen LogP contribution in [0.3, 0.4) is 0 Å². The molecule has 3 rings (SSSR count). The Hall–Kier alpha value is -2.88. The lowest BCUT2D eigenvalue weighted by Gasteiger charge is -2.06. The van der Waals surface area contributed by atoms with Crippen LogP contribution in [-0.2, 0) is 6.42 Å². The zero-order chi connectivity index (χ0) is 16.9. The number of hydrogen-bond donors (Lipinski definition) is 1. The molecule has 1 heterocycles. The van der Waals surface area contributed by atoms with Crippen molar-refractivity contribution in [3.63, 3.8) is 0 Å². The summed E-state index contributed by atoms with van der Waals surface area (Å²) in [7, 11) is 0. The second kappa shape index (κ2) is 7.13. The van der Waals surface area contributed by atoms with Crippen LogP contribution in [0.15, 0.2) is 59.0 Å². The number of aromatic nitrogens is 1. The van der Waals surface area contributed by atoms with Crippen molar-refractivity contribution < 1.29 is 9.21 Å². The Labute approximate surface area is 141 Å². The van der Waals surface area contributed by atoms with Crippen LogP contribution in [0.2, 0.25) is 0 Å². The highest BCUT2D eigenvalue weighted by molar-refractivity contribution is 5.94. The lowest BCUT2D eigenvalue weighted by atomic mass is 10.0. The summed E-state index contributed by atoms with van der Waals surface area (Å²) in [6.45, 7) is 4.40. The van der Waals surface area contributed by atoms with Crippen LogP contribution in [-0.4, -0.2) is 17.4 Å². The molecular formula is C20H20N2O2. The number of oxazole rings is 1. The number of benzene rings is 2. The van der Waals surface area contributed by atoms with Crippen molar-refractivity contribution in [1.82, 2.24) is 10.3 Å². The van der Waals surface area contributed by atoms with E-state index in [2.05, 4.69) is 10.3 Å². The van der Waals surface area contributed by atoms with Gasteiger partial charge >= 0.3 is 0 Å². The molecule has 0 aliphatic carbocycles. The first kappa shape index (κ1) is 16.0. The largest absolute Gasteiger partial charge is 0.441 e. The quantitative estimate of drug-likeness (QED) is 0.775. The highest BCUT2D eigenvalue weighted by Gasteiger charge is 2.15. The Morgan fingerprint density at radius 2 is 1.75 bits per heavy atom. The lowest BCUT2D eigenvalue weighted by molar-refractivity contribution is 0.0954. The molecule has 2 aromatic carbocycles. The van der Waals surface area contributed by atoms with Crippen molar-refractivity contribution in [2.24, 2.45) is 0 Å². The molecule has 3 aromatic rings. The minimum Gasteiger partial charge on any atom is -0.441 e. The molecular weight excluding hydrogens is 300 g/mol. The van der Waals surface area contributed by atoms with Gasteiger partial charge in [0, 0.05) is 31.0 Å². The first-order chi connectivity index (χ1) is 11.6. The van der Waals surface area contributed by atoms with Gasteiger partial charge in [0.2, 0.25) is 0 Å². The van der Waals surface area contributed by atoms with Crippen molar-refractivity contribution in [2.45, 2.75) is 20.3 Å². The molecule has 0 saturated heterocycles. The number of hydrogen-bond acceptors (Lipinski definition) is 3. The van der Waals surface area contributed by atoms with E-state index in [9.17, 15) is 4.79 Å². The van der Waals surface area contributed by atoms with E-state index >= 15 is 0 Å². The lowest BCUT2D eigenvalue weighted by Crippen LogP contribution is -2.25. The maximum absolute atomic E-state index is 12.1. The molecule has 0 bridgehead atoms. The summed E-state index contributed by atoms with van der Waals surface area (Å²) in [5, 5.41) is 2.93. The fourth-order valence-corrected chi connectivity index (χ4v) is 2.66. The summed E-state index contributed by atoms with van der Waals surface area (Å²) in [4.78, 5) is 16.6. The second-order valence-electron chi connectivity index (χ2n) is 5.70. The minimum atomic E-state index is -0.0757. The summed E-state index contributed by atoms with van der Waals surface area (Å²) in [5.74, 6) is 1.35. The monoisotopic (exact) mass is 320 g/mol. The third kappa shape index (κ3) is 3.54. The van der Waals surface area contributed by atoms with E-state index in [1.54, 1.807) is 12.1 Å². The molecule has 0 radical (unpaired) electrons. The van der Waals surface area contributed by atoms with E-state index in [1.165, 1.54) is 0 Å². The van der Waals surface area contributed by atoms with Gasteiger partial charge in [-0.3, -0.25) is 4.79 Å². The molecule has 1 aromatic heterocycles.